The number of rotatable bonds is 6. The zero-order valence-corrected chi connectivity index (χ0v) is 12.6. The second-order valence-corrected chi connectivity index (χ2v) is 5.85. The third kappa shape index (κ3) is 3.20. The van der Waals surface area contributed by atoms with E-state index in [0.29, 0.717) is 6.54 Å². The lowest BCUT2D eigenvalue weighted by molar-refractivity contribution is 0.205. The lowest BCUT2D eigenvalue weighted by atomic mass is 10.0. The molecule has 0 aliphatic heterocycles. The molecular weight excluding hydrogens is 286 g/mol. The Morgan fingerprint density at radius 2 is 2.33 bits per heavy atom. The van der Waals surface area contributed by atoms with E-state index in [2.05, 4.69) is 32.1 Å². The van der Waals surface area contributed by atoms with E-state index in [1.165, 1.54) is 5.56 Å². The largest absolute Gasteiger partial charge is 0.396 e. The van der Waals surface area contributed by atoms with Crippen LogP contribution in [0.25, 0.3) is 11.5 Å². The molecule has 3 aromatic rings. The molecule has 3 heterocycles. The smallest absolute Gasteiger partial charge is 0.161 e. The summed E-state index contributed by atoms with van der Waals surface area (Å²) in [6.45, 7) is 0.775. The van der Waals surface area contributed by atoms with E-state index >= 15 is 0 Å². The fourth-order valence-corrected chi connectivity index (χ4v) is 2.98. The maximum absolute atomic E-state index is 9.55. The molecule has 0 aromatic carbocycles. The minimum Gasteiger partial charge on any atom is -0.396 e. The highest BCUT2D eigenvalue weighted by Crippen LogP contribution is 2.16. The molecule has 0 spiro atoms. The summed E-state index contributed by atoms with van der Waals surface area (Å²) in [5.41, 5.74) is 2.00. The monoisotopic (exact) mass is 303 g/mol. The van der Waals surface area contributed by atoms with Gasteiger partial charge in [0.2, 0.25) is 0 Å². The summed E-state index contributed by atoms with van der Waals surface area (Å²) in [7, 11) is 1.93. The van der Waals surface area contributed by atoms with Crippen molar-refractivity contribution in [2.75, 3.05) is 6.61 Å². The van der Waals surface area contributed by atoms with Crippen molar-refractivity contribution in [1.29, 1.82) is 0 Å². The third-order valence-corrected chi connectivity index (χ3v) is 4.13. The number of aliphatic hydroxyl groups is 1. The standard InChI is InChI=1S/C14H17N5OS/c1-18-4-3-15-14(18)13-8-19(17-16-13)7-12(9-20)6-11-2-5-21-10-11/h2-5,8,10,12,20H,6-7,9H2,1H3/t12-/m0/s1. The van der Waals surface area contributed by atoms with Gasteiger partial charge in [-0.1, -0.05) is 5.21 Å². The number of aliphatic hydroxyl groups excluding tert-OH is 1. The number of hydrogen-bond acceptors (Lipinski definition) is 5. The van der Waals surface area contributed by atoms with Crippen LogP contribution in [0.15, 0.2) is 35.4 Å². The van der Waals surface area contributed by atoms with Gasteiger partial charge in [-0.25, -0.2) is 4.98 Å². The van der Waals surface area contributed by atoms with Crippen LogP contribution in [0.1, 0.15) is 5.56 Å². The van der Waals surface area contributed by atoms with Crippen LogP contribution in [-0.4, -0.2) is 36.3 Å². The Balaban J connectivity index is 1.70. The van der Waals surface area contributed by atoms with E-state index in [4.69, 9.17) is 0 Å². The van der Waals surface area contributed by atoms with Crippen LogP contribution in [0, 0.1) is 5.92 Å². The number of aryl methyl sites for hydroxylation is 1. The molecule has 1 N–H and O–H groups in total. The average molecular weight is 303 g/mol. The topological polar surface area (TPSA) is 68.8 Å². The molecule has 0 saturated heterocycles. The molecule has 6 nitrogen and oxygen atoms in total. The van der Waals surface area contributed by atoms with Crippen LogP contribution in [0.3, 0.4) is 0 Å². The Labute approximate surface area is 126 Å². The summed E-state index contributed by atoms with van der Waals surface area (Å²) in [5.74, 6) is 0.926. The highest BCUT2D eigenvalue weighted by Gasteiger charge is 2.13. The predicted molar refractivity (Wildman–Crippen MR) is 80.8 cm³/mol. The van der Waals surface area contributed by atoms with Crippen molar-refractivity contribution >= 4 is 11.3 Å². The molecule has 7 heteroatoms. The second-order valence-electron chi connectivity index (χ2n) is 5.07. The van der Waals surface area contributed by atoms with Gasteiger partial charge in [0.25, 0.3) is 0 Å². The quantitative estimate of drug-likeness (QED) is 0.751. The van der Waals surface area contributed by atoms with Gasteiger partial charge < -0.3 is 9.67 Å². The molecule has 1 atom stereocenters. The van der Waals surface area contributed by atoms with E-state index in [-0.39, 0.29) is 12.5 Å². The van der Waals surface area contributed by atoms with Gasteiger partial charge in [-0.3, -0.25) is 4.68 Å². The first-order chi connectivity index (χ1) is 10.3. The zero-order chi connectivity index (χ0) is 14.7. The molecule has 0 radical (unpaired) electrons. The molecule has 3 aromatic heterocycles. The van der Waals surface area contributed by atoms with E-state index in [1.807, 2.05) is 24.0 Å². The molecule has 21 heavy (non-hydrogen) atoms. The van der Waals surface area contributed by atoms with Crippen molar-refractivity contribution in [1.82, 2.24) is 24.5 Å². The van der Waals surface area contributed by atoms with Gasteiger partial charge in [-0.2, -0.15) is 11.3 Å². The summed E-state index contributed by atoms with van der Waals surface area (Å²) in [4.78, 5) is 4.26. The summed E-state index contributed by atoms with van der Waals surface area (Å²) in [5, 5.41) is 22.0. The van der Waals surface area contributed by atoms with Crippen molar-refractivity contribution in [2.24, 2.45) is 13.0 Å². The Hall–Kier alpha value is -1.99. The highest BCUT2D eigenvalue weighted by molar-refractivity contribution is 7.07. The van der Waals surface area contributed by atoms with Crippen LogP contribution in [-0.2, 0) is 20.0 Å². The zero-order valence-electron chi connectivity index (χ0n) is 11.8. The van der Waals surface area contributed by atoms with Crippen LogP contribution in [0.4, 0.5) is 0 Å². The number of nitrogens with zero attached hydrogens (tertiary/aromatic N) is 5. The lowest BCUT2D eigenvalue weighted by Crippen LogP contribution is -2.17. The molecule has 0 amide bonds. The van der Waals surface area contributed by atoms with E-state index in [1.54, 1.807) is 22.2 Å². The highest BCUT2D eigenvalue weighted by atomic mass is 32.1. The average Bonchev–Trinajstić information content (AvgIpc) is 3.19. The first-order valence-corrected chi connectivity index (χ1v) is 7.70. The first kappa shape index (κ1) is 14.0. The van der Waals surface area contributed by atoms with Crippen molar-refractivity contribution in [3.05, 3.63) is 41.0 Å². The molecule has 3 rings (SSSR count). The number of aromatic nitrogens is 5. The van der Waals surface area contributed by atoms with Crippen molar-refractivity contribution < 1.29 is 5.11 Å². The summed E-state index contributed by atoms with van der Waals surface area (Å²) >= 11 is 1.67. The normalized spacial score (nSPS) is 12.7. The molecule has 0 aliphatic rings. The van der Waals surface area contributed by atoms with Crippen LogP contribution in [0.5, 0.6) is 0 Å². The second kappa shape index (κ2) is 6.19. The summed E-state index contributed by atoms with van der Waals surface area (Å²) in [6, 6.07) is 2.09. The molecule has 0 unspecified atom stereocenters. The van der Waals surface area contributed by atoms with Gasteiger partial charge in [0.05, 0.1) is 6.20 Å². The fourth-order valence-electron chi connectivity index (χ4n) is 2.30. The van der Waals surface area contributed by atoms with E-state index in [9.17, 15) is 5.11 Å². The number of hydrogen-bond donors (Lipinski definition) is 1. The number of imidazole rings is 1. The molecular formula is C14H17N5OS. The van der Waals surface area contributed by atoms with Crippen LogP contribution >= 0.6 is 11.3 Å². The summed E-state index contributed by atoms with van der Waals surface area (Å²) < 4.78 is 3.68. The minimum absolute atomic E-state index is 0.132. The fraction of sp³-hybridized carbons (Fsp3) is 0.357. The molecule has 0 aliphatic carbocycles. The van der Waals surface area contributed by atoms with Gasteiger partial charge in [0.1, 0.15) is 5.69 Å². The maximum atomic E-state index is 9.55. The van der Waals surface area contributed by atoms with E-state index < -0.39 is 0 Å². The molecule has 0 fully saturated rings. The Bertz CT molecular complexity index is 688. The number of thiophene rings is 1. The maximum Gasteiger partial charge on any atom is 0.161 e. The van der Waals surface area contributed by atoms with Gasteiger partial charge in [-0.05, 0) is 28.8 Å². The lowest BCUT2D eigenvalue weighted by Gasteiger charge is -2.12. The van der Waals surface area contributed by atoms with Gasteiger partial charge in [-0.15, -0.1) is 5.10 Å². The molecule has 110 valence electrons. The summed E-state index contributed by atoms with van der Waals surface area (Å²) in [6.07, 6.45) is 6.33. The van der Waals surface area contributed by atoms with Gasteiger partial charge in [0.15, 0.2) is 5.82 Å². The van der Waals surface area contributed by atoms with E-state index in [0.717, 1.165) is 17.9 Å². The van der Waals surface area contributed by atoms with Crippen LogP contribution < -0.4 is 0 Å². The predicted octanol–water partition coefficient (Wildman–Crippen LogP) is 1.59. The Morgan fingerprint density at radius 1 is 1.43 bits per heavy atom. The Kier molecular flexibility index (Phi) is 4.12. The van der Waals surface area contributed by atoms with Crippen molar-refractivity contribution in [3.8, 4) is 11.5 Å². The van der Waals surface area contributed by atoms with Crippen molar-refractivity contribution in [2.45, 2.75) is 13.0 Å². The third-order valence-electron chi connectivity index (χ3n) is 3.40. The SMILES string of the molecule is Cn1ccnc1-c1cn(C[C@@H](CO)Cc2ccsc2)nn1. The molecule has 0 saturated carbocycles. The first-order valence-electron chi connectivity index (χ1n) is 6.76. The van der Waals surface area contributed by atoms with Crippen molar-refractivity contribution in [3.63, 3.8) is 0 Å². The van der Waals surface area contributed by atoms with Gasteiger partial charge in [0, 0.05) is 38.5 Å². The Morgan fingerprint density at radius 3 is 3.00 bits per heavy atom. The van der Waals surface area contributed by atoms with Gasteiger partial charge >= 0.3 is 0 Å². The minimum atomic E-state index is 0.132. The molecule has 0 bridgehead atoms. The van der Waals surface area contributed by atoms with Crippen LogP contribution in [0.2, 0.25) is 0 Å².